The lowest BCUT2D eigenvalue weighted by Crippen LogP contribution is -1.99. The van der Waals surface area contributed by atoms with Crippen molar-refractivity contribution in [3.05, 3.63) is 28.1 Å². The zero-order valence-corrected chi connectivity index (χ0v) is 11.5. The van der Waals surface area contributed by atoms with Crippen LogP contribution in [-0.2, 0) is 6.42 Å². The highest BCUT2D eigenvalue weighted by Crippen LogP contribution is 2.38. The Kier molecular flexibility index (Phi) is 3.57. The predicted molar refractivity (Wildman–Crippen MR) is 74.4 cm³/mol. The molecule has 100 valence electrons. The molecule has 0 unspecified atom stereocenters. The van der Waals surface area contributed by atoms with Crippen molar-refractivity contribution in [2.75, 3.05) is 0 Å². The third-order valence-corrected chi connectivity index (χ3v) is 4.10. The van der Waals surface area contributed by atoms with E-state index in [-0.39, 0.29) is 22.7 Å². The minimum atomic E-state index is -1.02. The van der Waals surface area contributed by atoms with E-state index in [9.17, 15) is 14.7 Å². The first kappa shape index (κ1) is 13.5. The van der Waals surface area contributed by atoms with Crippen molar-refractivity contribution in [2.24, 2.45) is 0 Å². The number of aromatic carboxylic acids is 1. The molecular weight excluding hydrogens is 264 g/mol. The summed E-state index contributed by atoms with van der Waals surface area (Å²) in [4.78, 5) is 22.7. The fourth-order valence-corrected chi connectivity index (χ4v) is 3.24. The van der Waals surface area contributed by atoms with E-state index in [0.29, 0.717) is 17.4 Å². The van der Waals surface area contributed by atoms with E-state index in [1.165, 1.54) is 24.3 Å². The molecule has 0 bridgehead atoms. The van der Waals surface area contributed by atoms with Crippen LogP contribution < -0.4 is 0 Å². The molecule has 19 heavy (non-hydrogen) atoms. The first-order valence-corrected chi connectivity index (χ1v) is 6.85. The van der Waals surface area contributed by atoms with Crippen molar-refractivity contribution >= 4 is 33.2 Å². The number of aryl methyl sites for hydroxylation is 1. The van der Waals surface area contributed by atoms with E-state index < -0.39 is 5.97 Å². The number of hydrogen-bond acceptors (Lipinski definition) is 4. The number of rotatable bonds is 4. The Morgan fingerprint density at radius 2 is 2.00 bits per heavy atom. The lowest BCUT2D eigenvalue weighted by molar-refractivity contribution is 0.0699. The van der Waals surface area contributed by atoms with Crippen molar-refractivity contribution < 1.29 is 19.8 Å². The highest BCUT2D eigenvalue weighted by molar-refractivity contribution is 7.17. The molecular formula is C14H14O4S. The molecule has 5 heteroatoms. The molecule has 1 heterocycles. The van der Waals surface area contributed by atoms with Crippen LogP contribution in [0, 0.1) is 0 Å². The lowest BCUT2D eigenvalue weighted by Gasteiger charge is -2.09. The second-order valence-corrected chi connectivity index (χ2v) is 5.27. The number of phenols is 1. The van der Waals surface area contributed by atoms with Crippen molar-refractivity contribution in [3.8, 4) is 5.75 Å². The SMILES string of the molecule is CCCc1c(O)c(C(C)=O)cc2c(C(=O)O)csc12. The number of Topliss-reactive ketones (excluding diaryl/α,β-unsaturated/α-hetero) is 1. The summed E-state index contributed by atoms with van der Waals surface area (Å²) in [6.45, 7) is 3.33. The number of carbonyl (C=O) groups is 2. The highest BCUT2D eigenvalue weighted by atomic mass is 32.1. The van der Waals surface area contributed by atoms with Crippen LogP contribution in [0.3, 0.4) is 0 Å². The number of ketones is 1. The standard InChI is InChI=1S/C14H14O4S/c1-3-4-8-12(16)9(7(2)15)5-10-11(14(17)18)6-19-13(8)10/h5-6,16H,3-4H2,1-2H3,(H,17,18). The van der Waals surface area contributed by atoms with Gasteiger partial charge < -0.3 is 10.2 Å². The van der Waals surface area contributed by atoms with Crippen LogP contribution in [0.2, 0.25) is 0 Å². The summed E-state index contributed by atoms with van der Waals surface area (Å²) >= 11 is 1.29. The molecule has 0 aliphatic rings. The molecule has 0 aliphatic carbocycles. The monoisotopic (exact) mass is 278 g/mol. The normalized spacial score (nSPS) is 10.8. The number of benzene rings is 1. The Bertz CT molecular complexity index is 670. The minimum Gasteiger partial charge on any atom is -0.507 e. The Balaban J connectivity index is 2.85. The maximum absolute atomic E-state index is 11.6. The highest BCUT2D eigenvalue weighted by Gasteiger charge is 2.20. The maximum Gasteiger partial charge on any atom is 0.337 e. The van der Waals surface area contributed by atoms with Gasteiger partial charge in [0.15, 0.2) is 5.78 Å². The second-order valence-electron chi connectivity index (χ2n) is 4.39. The van der Waals surface area contributed by atoms with Gasteiger partial charge >= 0.3 is 5.97 Å². The van der Waals surface area contributed by atoms with E-state index in [0.717, 1.165) is 11.1 Å². The molecule has 4 nitrogen and oxygen atoms in total. The molecule has 2 N–H and O–H groups in total. The van der Waals surface area contributed by atoms with Gasteiger partial charge in [-0.3, -0.25) is 4.79 Å². The number of aromatic hydroxyl groups is 1. The summed E-state index contributed by atoms with van der Waals surface area (Å²) in [6.07, 6.45) is 1.42. The molecule has 0 aliphatic heterocycles. The summed E-state index contributed by atoms with van der Waals surface area (Å²) in [6, 6.07) is 1.48. The summed E-state index contributed by atoms with van der Waals surface area (Å²) in [5.41, 5.74) is 1.04. The van der Waals surface area contributed by atoms with Crippen molar-refractivity contribution in [2.45, 2.75) is 26.7 Å². The third kappa shape index (κ3) is 2.21. The van der Waals surface area contributed by atoms with Crippen molar-refractivity contribution in [3.63, 3.8) is 0 Å². The van der Waals surface area contributed by atoms with E-state index >= 15 is 0 Å². The smallest absolute Gasteiger partial charge is 0.337 e. The maximum atomic E-state index is 11.6. The van der Waals surface area contributed by atoms with Gasteiger partial charge in [0.2, 0.25) is 0 Å². The molecule has 0 amide bonds. The van der Waals surface area contributed by atoms with Crippen LogP contribution >= 0.6 is 11.3 Å². The second kappa shape index (κ2) is 5.01. The zero-order valence-electron chi connectivity index (χ0n) is 10.7. The summed E-state index contributed by atoms with van der Waals surface area (Å²) < 4.78 is 0.752. The average Bonchev–Trinajstić information content (AvgIpc) is 2.75. The number of thiophene rings is 1. The van der Waals surface area contributed by atoms with Crippen LogP contribution in [0.1, 0.15) is 46.5 Å². The van der Waals surface area contributed by atoms with Crippen LogP contribution in [0.4, 0.5) is 0 Å². The van der Waals surface area contributed by atoms with Crippen molar-refractivity contribution in [1.29, 1.82) is 0 Å². The number of carboxylic acids is 1. The largest absolute Gasteiger partial charge is 0.507 e. The van der Waals surface area contributed by atoms with Gasteiger partial charge in [-0.15, -0.1) is 11.3 Å². The number of carbonyl (C=O) groups excluding carboxylic acids is 1. The van der Waals surface area contributed by atoms with Gasteiger partial charge in [-0.05, 0) is 19.4 Å². The van der Waals surface area contributed by atoms with Crippen LogP contribution in [-0.4, -0.2) is 22.0 Å². The molecule has 0 saturated carbocycles. The Labute approximate surface area is 114 Å². The summed E-state index contributed by atoms with van der Waals surface area (Å²) in [5.74, 6) is -1.30. The molecule has 2 aromatic rings. The van der Waals surface area contributed by atoms with Gasteiger partial charge in [-0.2, -0.15) is 0 Å². The molecule has 0 fully saturated rings. The summed E-state index contributed by atoms with van der Waals surface area (Å²) in [5, 5.41) is 21.4. The van der Waals surface area contributed by atoms with Gasteiger partial charge in [0, 0.05) is 21.0 Å². The number of carboxylic acid groups (broad SMARTS) is 1. The fraction of sp³-hybridized carbons (Fsp3) is 0.286. The number of fused-ring (bicyclic) bond motifs is 1. The molecule has 0 spiro atoms. The first-order chi connectivity index (χ1) is 8.97. The average molecular weight is 278 g/mol. The third-order valence-electron chi connectivity index (χ3n) is 3.04. The van der Waals surface area contributed by atoms with E-state index in [1.54, 1.807) is 5.38 Å². The van der Waals surface area contributed by atoms with Gasteiger partial charge in [0.25, 0.3) is 0 Å². The van der Waals surface area contributed by atoms with Crippen LogP contribution in [0.5, 0.6) is 5.75 Å². The molecule has 2 rings (SSSR count). The zero-order chi connectivity index (χ0) is 14.2. The lowest BCUT2D eigenvalue weighted by atomic mass is 9.98. The van der Waals surface area contributed by atoms with Gasteiger partial charge in [0.05, 0.1) is 11.1 Å². The summed E-state index contributed by atoms with van der Waals surface area (Å²) in [7, 11) is 0. The van der Waals surface area contributed by atoms with E-state index in [4.69, 9.17) is 5.11 Å². The van der Waals surface area contributed by atoms with Gasteiger partial charge in [0.1, 0.15) is 5.75 Å². The Morgan fingerprint density at radius 3 is 2.53 bits per heavy atom. The van der Waals surface area contributed by atoms with Crippen LogP contribution in [0.15, 0.2) is 11.4 Å². The minimum absolute atomic E-state index is 0.0133. The topological polar surface area (TPSA) is 74.6 Å². The Morgan fingerprint density at radius 1 is 1.32 bits per heavy atom. The van der Waals surface area contributed by atoms with E-state index in [2.05, 4.69) is 0 Å². The van der Waals surface area contributed by atoms with Gasteiger partial charge in [-0.1, -0.05) is 13.3 Å². The van der Waals surface area contributed by atoms with E-state index in [1.807, 2.05) is 6.92 Å². The molecule has 0 saturated heterocycles. The fourth-order valence-electron chi connectivity index (χ4n) is 2.14. The molecule has 1 aromatic heterocycles. The number of hydrogen-bond donors (Lipinski definition) is 2. The molecule has 0 atom stereocenters. The quantitative estimate of drug-likeness (QED) is 0.840. The Hall–Kier alpha value is -1.88. The van der Waals surface area contributed by atoms with Gasteiger partial charge in [-0.25, -0.2) is 4.79 Å². The predicted octanol–water partition coefficient (Wildman–Crippen LogP) is 3.46. The molecule has 1 aromatic carbocycles. The van der Waals surface area contributed by atoms with Crippen molar-refractivity contribution in [1.82, 2.24) is 0 Å². The van der Waals surface area contributed by atoms with Crippen LogP contribution in [0.25, 0.3) is 10.1 Å². The number of phenolic OH excluding ortho intramolecular Hbond substituents is 1. The molecule has 0 radical (unpaired) electrons. The first-order valence-electron chi connectivity index (χ1n) is 5.97.